The highest BCUT2D eigenvalue weighted by Crippen LogP contribution is 2.45. The largest absolute Gasteiger partial charge is 0.508 e. The van der Waals surface area contributed by atoms with Gasteiger partial charge in [0, 0.05) is 17.3 Å². The summed E-state index contributed by atoms with van der Waals surface area (Å²) in [6.45, 7) is 6.24. The van der Waals surface area contributed by atoms with Crippen LogP contribution in [0.1, 0.15) is 40.8 Å². The fraction of sp³-hybridized carbons (Fsp3) is 0.194. The molecule has 204 valence electrons. The number of aromatic hydroxyl groups is 1. The van der Waals surface area contributed by atoms with Gasteiger partial charge >= 0.3 is 0 Å². The first-order chi connectivity index (χ1) is 19.3. The molecule has 8 nitrogen and oxygen atoms in total. The number of carbonyl (C=O) groups is 2. The Kier molecular flexibility index (Phi) is 7.57. The van der Waals surface area contributed by atoms with Crippen molar-refractivity contribution in [2.45, 2.75) is 26.8 Å². The molecule has 1 aliphatic rings. The third-order valence-electron chi connectivity index (χ3n) is 6.49. The van der Waals surface area contributed by atoms with E-state index >= 15 is 0 Å². The van der Waals surface area contributed by atoms with E-state index in [0.29, 0.717) is 51.5 Å². The quantitative estimate of drug-likeness (QED) is 0.230. The Hall–Kier alpha value is -4.63. The fourth-order valence-electron chi connectivity index (χ4n) is 4.70. The van der Waals surface area contributed by atoms with Crippen LogP contribution in [0, 0.1) is 6.92 Å². The van der Waals surface area contributed by atoms with E-state index in [9.17, 15) is 19.8 Å². The molecule has 1 aliphatic heterocycles. The molecule has 0 saturated heterocycles. The molecule has 1 amide bonds. The van der Waals surface area contributed by atoms with Crippen molar-refractivity contribution >= 4 is 28.7 Å². The number of amides is 1. The van der Waals surface area contributed by atoms with Gasteiger partial charge < -0.3 is 19.7 Å². The van der Waals surface area contributed by atoms with Gasteiger partial charge in [-0.1, -0.05) is 42.5 Å². The molecule has 40 heavy (non-hydrogen) atoms. The van der Waals surface area contributed by atoms with E-state index in [1.165, 1.54) is 28.4 Å². The molecule has 4 aromatic rings. The lowest BCUT2D eigenvalue weighted by molar-refractivity contribution is -0.117. The Balaban J connectivity index is 1.62. The molecule has 2 N–H and O–H groups in total. The molecular weight excluding hydrogens is 528 g/mol. The highest BCUT2D eigenvalue weighted by Gasteiger charge is 2.45. The average Bonchev–Trinajstić information content (AvgIpc) is 3.47. The van der Waals surface area contributed by atoms with Crippen LogP contribution in [0.25, 0.3) is 10.6 Å². The number of carbonyl (C=O) groups excluding carboxylic acids is 2. The van der Waals surface area contributed by atoms with Gasteiger partial charge in [-0.05, 0) is 50.6 Å². The van der Waals surface area contributed by atoms with Gasteiger partial charge in [0.25, 0.3) is 5.91 Å². The summed E-state index contributed by atoms with van der Waals surface area (Å²) in [5.41, 5.74) is 2.26. The van der Waals surface area contributed by atoms with Crippen LogP contribution in [0.4, 0.5) is 5.69 Å². The number of ketones is 1. The molecule has 0 spiro atoms. The summed E-state index contributed by atoms with van der Waals surface area (Å²) >= 11 is 1.21. The van der Waals surface area contributed by atoms with Crippen molar-refractivity contribution in [3.8, 4) is 27.8 Å². The number of phenols is 1. The highest BCUT2D eigenvalue weighted by molar-refractivity contribution is 7.17. The Morgan fingerprint density at radius 1 is 0.950 bits per heavy atom. The predicted molar refractivity (Wildman–Crippen MR) is 153 cm³/mol. The van der Waals surface area contributed by atoms with Crippen molar-refractivity contribution in [1.29, 1.82) is 0 Å². The van der Waals surface area contributed by atoms with E-state index in [-0.39, 0.29) is 11.3 Å². The number of Topliss-reactive ketones (excluding diaryl/α,β-unsaturated/α-hetero) is 1. The van der Waals surface area contributed by atoms with Crippen LogP contribution >= 0.6 is 11.3 Å². The van der Waals surface area contributed by atoms with E-state index in [2.05, 4.69) is 4.98 Å². The SMILES string of the molecule is CCOc1ccc(N2C(=O)C(O)=C(C(=O)c3sc(-c4ccccc4)nc3C)C2c2ccc(O)cc2)cc1OCC. The molecule has 0 aliphatic carbocycles. The zero-order valence-corrected chi connectivity index (χ0v) is 23.1. The zero-order valence-electron chi connectivity index (χ0n) is 22.2. The average molecular weight is 557 g/mol. The van der Waals surface area contributed by atoms with E-state index < -0.39 is 23.5 Å². The van der Waals surface area contributed by atoms with E-state index in [4.69, 9.17) is 9.47 Å². The third-order valence-corrected chi connectivity index (χ3v) is 7.70. The Morgan fingerprint density at radius 2 is 1.62 bits per heavy atom. The predicted octanol–water partition coefficient (Wildman–Crippen LogP) is 6.40. The maximum atomic E-state index is 14.1. The molecule has 1 unspecified atom stereocenters. The number of benzene rings is 3. The van der Waals surface area contributed by atoms with Gasteiger partial charge in [0.2, 0.25) is 5.78 Å². The van der Waals surface area contributed by atoms with E-state index in [1.807, 2.05) is 44.2 Å². The summed E-state index contributed by atoms with van der Waals surface area (Å²) in [6.07, 6.45) is 0. The van der Waals surface area contributed by atoms with Crippen LogP contribution in [0.3, 0.4) is 0 Å². The van der Waals surface area contributed by atoms with Crippen LogP contribution < -0.4 is 14.4 Å². The van der Waals surface area contributed by atoms with Crippen molar-refractivity contribution in [2.24, 2.45) is 0 Å². The molecule has 1 atom stereocenters. The van der Waals surface area contributed by atoms with Crippen molar-refractivity contribution in [1.82, 2.24) is 4.98 Å². The number of hydrogen-bond donors (Lipinski definition) is 2. The number of rotatable bonds is 9. The Bertz CT molecular complexity index is 1590. The van der Waals surface area contributed by atoms with Gasteiger partial charge in [0.15, 0.2) is 17.3 Å². The molecule has 3 aromatic carbocycles. The molecule has 0 radical (unpaired) electrons. The van der Waals surface area contributed by atoms with E-state index in [1.54, 1.807) is 37.3 Å². The standard InChI is InChI=1S/C31H28N2O6S/c1-4-38-23-16-13-21(17-24(23)39-5-2)33-26(19-11-14-22(34)15-12-19)25(28(36)31(33)37)27(35)29-18(3)32-30(40-29)20-9-7-6-8-10-20/h6-17,26,34,36H,4-5H2,1-3H3. The number of phenolic OH excluding ortho intramolecular Hbond substituents is 1. The van der Waals surface area contributed by atoms with Gasteiger partial charge in [-0.15, -0.1) is 11.3 Å². The summed E-state index contributed by atoms with van der Waals surface area (Å²) in [5, 5.41) is 21.8. The number of hydrogen-bond acceptors (Lipinski definition) is 8. The number of aryl methyl sites for hydroxylation is 1. The maximum Gasteiger partial charge on any atom is 0.294 e. The number of nitrogens with zero attached hydrogens (tertiary/aromatic N) is 2. The van der Waals surface area contributed by atoms with Crippen molar-refractivity contribution < 1.29 is 29.3 Å². The number of aliphatic hydroxyl groups excluding tert-OH is 1. The van der Waals surface area contributed by atoms with Gasteiger partial charge in [-0.2, -0.15) is 0 Å². The van der Waals surface area contributed by atoms with E-state index in [0.717, 1.165) is 5.56 Å². The molecule has 0 saturated carbocycles. The number of aromatic nitrogens is 1. The van der Waals surface area contributed by atoms with Crippen molar-refractivity contribution in [3.05, 3.63) is 100 Å². The van der Waals surface area contributed by atoms with Crippen LogP contribution in [0.15, 0.2) is 84.1 Å². The molecular formula is C31H28N2O6S. The number of ether oxygens (including phenoxy) is 2. The third kappa shape index (κ3) is 4.91. The number of aliphatic hydroxyl groups is 1. The van der Waals surface area contributed by atoms with Crippen LogP contribution in [0.2, 0.25) is 0 Å². The van der Waals surface area contributed by atoms with Crippen molar-refractivity contribution in [3.63, 3.8) is 0 Å². The smallest absolute Gasteiger partial charge is 0.294 e. The number of anilines is 1. The normalized spacial score (nSPS) is 15.0. The summed E-state index contributed by atoms with van der Waals surface area (Å²) in [5.74, 6) is -0.861. The Morgan fingerprint density at radius 3 is 2.30 bits per heavy atom. The summed E-state index contributed by atoms with van der Waals surface area (Å²) in [6, 6.07) is 19.8. The molecule has 0 fully saturated rings. The molecule has 2 heterocycles. The second-order valence-corrected chi connectivity index (χ2v) is 10.1. The second-order valence-electron chi connectivity index (χ2n) is 9.06. The van der Waals surface area contributed by atoms with Crippen LogP contribution in [-0.2, 0) is 4.79 Å². The van der Waals surface area contributed by atoms with Gasteiger partial charge in [-0.25, -0.2) is 4.98 Å². The van der Waals surface area contributed by atoms with Gasteiger partial charge in [-0.3, -0.25) is 14.5 Å². The topological polar surface area (TPSA) is 109 Å². The molecule has 5 rings (SSSR count). The minimum Gasteiger partial charge on any atom is -0.508 e. The minimum atomic E-state index is -0.963. The fourth-order valence-corrected chi connectivity index (χ4v) is 5.72. The molecule has 0 bridgehead atoms. The first-order valence-corrected chi connectivity index (χ1v) is 13.7. The summed E-state index contributed by atoms with van der Waals surface area (Å²) in [4.78, 5) is 34.0. The first kappa shape index (κ1) is 27.0. The lowest BCUT2D eigenvalue weighted by atomic mass is 9.94. The minimum absolute atomic E-state index is 0.0335. The molecule has 9 heteroatoms. The Labute approximate surface area is 235 Å². The van der Waals surface area contributed by atoms with Crippen molar-refractivity contribution in [2.75, 3.05) is 18.1 Å². The van der Waals surface area contributed by atoms with Gasteiger partial charge in [0.1, 0.15) is 10.8 Å². The zero-order chi connectivity index (χ0) is 28.4. The van der Waals surface area contributed by atoms with Crippen LogP contribution in [-0.4, -0.2) is 40.1 Å². The highest BCUT2D eigenvalue weighted by atomic mass is 32.1. The number of thiazole rings is 1. The lowest BCUT2D eigenvalue weighted by Crippen LogP contribution is -2.31. The lowest BCUT2D eigenvalue weighted by Gasteiger charge is -2.27. The summed E-state index contributed by atoms with van der Waals surface area (Å²) < 4.78 is 11.4. The monoisotopic (exact) mass is 556 g/mol. The maximum absolute atomic E-state index is 14.1. The molecule has 1 aromatic heterocycles. The van der Waals surface area contributed by atoms with Crippen LogP contribution in [0.5, 0.6) is 17.2 Å². The first-order valence-electron chi connectivity index (χ1n) is 12.9. The summed E-state index contributed by atoms with van der Waals surface area (Å²) in [7, 11) is 0. The second kappa shape index (κ2) is 11.2. The van der Waals surface area contributed by atoms with Gasteiger partial charge in [0.05, 0.1) is 35.4 Å².